The molecule has 180 valence electrons. The van der Waals surface area contributed by atoms with Crippen molar-refractivity contribution in [1.29, 1.82) is 0 Å². The van der Waals surface area contributed by atoms with Gasteiger partial charge in [-0.3, -0.25) is 4.79 Å². The van der Waals surface area contributed by atoms with Gasteiger partial charge in [0.2, 0.25) is 0 Å². The normalized spacial score (nSPS) is 24.7. The topological polar surface area (TPSA) is 99.8 Å². The molecule has 1 aliphatic carbocycles. The predicted octanol–water partition coefficient (Wildman–Crippen LogP) is 3.26. The molecule has 2 aliphatic heterocycles. The monoisotopic (exact) mass is 476 g/mol. The molecule has 8 nitrogen and oxygen atoms in total. The maximum Gasteiger partial charge on any atom is 0.387 e. The molecule has 1 fully saturated rings. The molecule has 1 saturated heterocycles. The summed E-state index contributed by atoms with van der Waals surface area (Å²) in [6.45, 7) is -0.0851. The van der Waals surface area contributed by atoms with Gasteiger partial charge in [-0.15, -0.1) is 0 Å². The molecule has 1 unspecified atom stereocenters. The Labute approximate surface area is 193 Å². The number of allylic oxidation sites excluding steroid dienone is 3. The Morgan fingerprint density at radius 2 is 2.03 bits per heavy atom. The second kappa shape index (κ2) is 8.88. The largest absolute Gasteiger partial charge is 0.436 e. The molecule has 0 radical (unpaired) electrons. The Morgan fingerprint density at radius 3 is 2.79 bits per heavy atom. The van der Waals surface area contributed by atoms with E-state index in [-0.39, 0.29) is 30.7 Å². The van der Waals surface area contributed by atoms with Crippen LogP contribution in [0.1, 0.15) is 35.0 Å². The first-order chi connectivity index (χ1) is 16.3. The number of nitrogens with two attached hydrogens (primary N) is 1. The summed E-state index contributed by atoms with van der Waals surface area (Å²) >= 11 is 0. The quantitative estimate of drug-likeness (QED) is 0.723. The molecule has 11 heteroatoms. The van der Waals surface area contributed by atoms with Crippen molar-refractivity contribution < 1.29 is 32.2 Å². The summed E-state index contributed by atoms with van der Waals surface area (Å²) in [4.78, 5) is 23.9. The number of morpholine rings is 1. The summed E-state index contributed by atoms with van der Waals surface area (Å²) in [7, 11) is 0. The number of rotatable bonds is 4. The second-order valence-electron chi connectivity index (χ2n) is 8.51. The van der Waals surface area contributed by atoms with Crippen LogP contribution in [0, 0.1) is 0 Å². The number of anilines is 1. The van der Waals surface area contributed by atoms with Crippen LogP contribution in [-0.2, 0) is 27.4 Å². The number of carbonyl (C=O) groups is 1. The predicted molar refractivity (Wildman–Crippen MR) is 115 cm³/mol. The summed E-state index contributed by atoms with van der Waals surface area (Å²) < 4.78 is 55.0. The van der Waals surface area contributed by atoms with Gasteiger partial charge in [-0.25, -0.2) is 14.4 Å². The number of hydrogen-bond donors (Lipinski definition) is 1. The van der Waals surface area contributed by atoms with Crippen molar-refractivity contribution in [2.75, 3.05) is 18.9 Å². The summed E-state index contributed by atoms with van der Waals surface area (Å²) in [5.41, 5.74) is 9.04. The Bertz CT molecular complexity index is 1200. The third-order valence-corrected chi connectivity index (χ3v) is 6.35. The average Bonchev–Trinajstić information content (AvgIpc) is 3.31. The van der Waals surface area contributed by atoms with Gasteiger partial charge < -0.3 is 24.8 Å². The van der Waals surface area contributed by atoms with E-state index in [9.17, 15) is 18.0 Å². The molecule has 0 saturated carbocycles. The van der Waals surface area contributed by atoms with Crippen molar-refractivity contribution in [2.45, 2.75) is 51.4 Å². The number of nitrogens with zero attached hydrogens (tertiary/aromatic N) is 3. The summed E-state index contributed by atoms with van der Waals surface area (Å²) in [5.74, 6) is -0.390. The van der Waals surface area contributed by atoms with E-state index >= 15 is 0 Å². The van der Waals surface area contributed by atoms with Gasteiger partial charge in [-0.1, -0.05) is 6.08 Å². The van der Waals surface area contributed by atoms with Gasteiger partial charge in [-0.05, 0) is 30.2 Å². The fraction of sp³-hybridized carbons (Fsp3) is 0.435. The fourth-order valence-corrected chi connectivity index (χ4v) is 4.70. The van der Waals surface area contributed by atoms with Gasteiger partial charge in [0, 0.05) is 17.4 Å². The molecule has 5 rings (SSSR count). The van der Waals surface area contributed by atoms with Gasteiger partial charge in [-0.2, -0.15) is 8.78 Å². The maximum atomic E-state index is 14.5. The highest BCUT2D eigenvalue weighted by Gasteiger charge is 2.38. The molecule has 0 aromatic carbocycles. The number of pyridine rings is 2. The Morgan fingerprint density at radius 1 is 1.24 bits per heavy atom. The van der Waals surface area contributed by atoms with Crippen molar-refractivity contribution in [2.24, 2.45) is 0 Å². The van der Waals surface area contributed by atoms with Gasteiger partial charge in [0.25, 0.3) is 5.91 Å². The molecule has 3 aliphatic rings. The van der Waals surface area contributed by atoms with Crippen LogP contribution in [0.4, 0.5) is 19.0 Å². The molecule has 2 aromatic heterocycles. The molecule has 2 N–H and O–H groups in total. The van der Waals surface area contributed by atoms with Crippen molar-refractivity contribution in [3.8, 4) is 0 Å². The van der Waals surface area contributed by atoms with Gasteiger partial charge in [0.05, 0.1) is 50.2 Å². The van der Waals surface area contributed by atoms with Crippen LogP contribution in [0.25, 0.3) is 10.9 Å². The number of nitrogen functional groups attached to an aromatic ring is 1. The molecule has 1 amide bonds. The fourth-order valence-electron chi connectivity index (χ4n) is 4.70. The lowest BCUT2D eigenvalue weighted by molar-refractivity contribution is -0.106. The second-order valence-corrected chi connectivity index (χ2v) is 8.51. The lowest BCUT2D eigenvalue weighted by atomic mass is 9.93. The number of fused-ring (bicyclic) bond motifs is 3. The third kappa shape index (κ3) is 3.98. The molecule has 0 spiro atoms. The zero-order chi connectivity index (χ0) is 24.0. The van der Waals surface area contributed by atoms with E-state index in [1.165, 1.54) is 18.3 Å². The molecule has 2 aromatic rings. The number of hydrogen-bond acceptors (Lipinski definition) is 7. The summed E-state index contributed by atoms with van der Waals surface area (Å²) in [6.07, 6.45) is 2.30. The third-order valence-electron chi connectivity index (χ3n) is 6.35. The lowest BCUT2D eigenvalue weighted by Crippen LogP contribution is -2.55. The molecule has 0 bridgehead atoms. The van der Waals surface area contributed by atoms with Gasteiger partial charge in [0.1, 0.15) is 17.3 Å². The van der Waals surface area contributed by atoms with E-state index in [1.54, 1.807) is 11.0 Å². The van der Waals surface area contributed by atoms with Crippen LogP contribution < -0.4 is 5.73 Å². The van der Waals surface area contributed by atoms with E-state index in [2.05, 4.69) is 14.7 Å². The Hall–Kier alpha value is -3.18. The standard InChI is InChI=1S/C23H23F3N4O4/c1-11-7-32-10-19(12-2-3-20(16(24)4-12)34-23(25)26)30(11)22(31)17-5-13-14-8-33-9-15(14)21(27)29-18(13)6-28-17/h2-3,5-6,11,16,19,23H,4,7-10H2,1H3,(H2,27,29)/t11-,16?,19-/m1/s1. The van der Waals surface area contributed by atoms with Gasteiger partial charge in [0.15, 0.2) is 6.17 Å². The van der Waals surface area contributed by atoms with Crippen LogP contribution >= 0.6 is 0 Å². The lowest BCUT2D eigenvalue weighted by Gasteiger charge is -2.42. The van der Waals surface area contributed by atoms with Crippen LogP contribution in [0.15, 0.2) is 35.7 Å². The smallest absolute Gasteiger partial charge is 0.387 e. The van der Waals surface area contributed by atoms with E-state index in [0.29, 0.717) is 36.7 Å². The Kier molecular flexibility index (Phi) is 5.90. The molecule has 4 heterocycles. The van der Waals surface area contributed by atoms with E-state index in [1.807, 2.05) is 6.92 Å². The van der Waals surface area contributed by atoms with Crippen molar-refractivity contribution in [3.05, 3.63) is 52.6 Å². The number of carbonyl (C=O) groups excluding carboxylic acids is 1. The molecule has 34 heavy (non-hydrogen) atoms. The Balaban J connectivity index is 1.48. The number of amides is 1. The highest BCUT2D eigenvalue weighted by Crippen LogP contribution is 2.33. The van der Waals surface area contributed by atoms with E-state index in [0.717, 1.165) is 16.5 Å². The number of ether oxygens (including phenoxy) is 3. The van der Waals surface area contributed by atoms with Gasteiger partial charge >= 0.3 is 6.61 Å². The SMILES string of the molecule is C[C@@H]1COC[C@H](C2=CC=C(OC(F)F)C(F)C2)N1C(=O)c1cc2c3c(c(N)nc2cn1)COC3. The highest BCUT2D eigenvalue weighted by atomic mass is 19.3. The van der Waals surface area contributed by atoms with Crippen LogP contribution in [0.5, 0.6) is 0 Å². The number of halogens is 3. The van der Waals surface area contributed by atoms with Crippen molar-refractivity contribution in [1.82, 2.24) is 14.9 Å². The van der Waals surface area contributed by atoms with Crippen LogP contribution in [0.3, 0.4) is 0 Å². The summed E-state index contributed by atoms with van der Waals surface area (Å²) in [6, 6.07) is 0.789. The maximum absolute atomic E-state index is 14.5. The van der Waals surface area contributed by atoms with Crippen molar-refractivity contribution in [3.63, 3.8) is 0 Å². The number of aromatic nitrogens is 2. The minimum Gasteiger partial charge on any atom is -0.436 e. The highest BCUT2D eigenvalue weighted by molar-refractivity contribution is 5.97. The van der Waals surface area contributed by atoms with Crippen molar-refractivity contribution >= 4 is 22.6 Å². The van der Waals surface area contributed by atoms with E-state index < -0.39 is 24.6 Å². The number of alkyl halides is 3. The zero-order valence-corrected chi connectivity index (χ0v) is 18.3. The first kappa shape index (κ1) is 22.6. The van der Waals surface area contributed by atoms with Crippen LogP contribution in [0.2, 0.25) is 0 Å². The zero-order valence-electron chi connectivity index (χ0n) is 18.3. The van der Waals surface area contributed by atoms with E-state index in [4.69, 9.17) is 15.2 Å². The minimum absolute atomic E-state index is 0.155. The summed E-state index contributed by atoms with van der Waals surface area (Å²) in [5, 5.41) is 0.745. The molecular weight excluding hydrogens is 453 g/mol. The molecule has 3 atom stereocenters. The first-order valence-electron chi connectivity index (χ1n) is 10.9. The minimum atomic E-state index is -3.11. The molecular formula is C23H23F3N4O4. The average molecular weight is 476 g/mol. The van der Waals surface area contributed by atoms with Crippen LogP contribution in [-0.4, -0.2) is 58.9 Å². The first-order valence-corrected chi connectivity index (χ1v) is 10.9.